The van der Waals surface area contributed by atoms with E-state index in [2.05, 4.69) is 0 Å². The SMILES string of the molecule is COC(=O)C1CCN(C(=O)[C@H]2CN(S(=O)(=O)c3ccc(C)cc3)c3ccccc3O2)CC1. The fraction of sp³-hybridized carbons (Fsp3) is 0.391. The standard InChI is InChI=1S/C23H26N2O6S/c1-16-7-9-18(10-8-16)32(28,29)25-15-21(31-20-6-4-3-5-19(20)25)22(26)24-13-11-17(12-14-24)23(27)30-2/h3-10,17,21H,11-15H2,1-2H3/t21-/m1/s1. The summed E-state index contributed by atoms with van der Waals surface area (Å²) in [4.78, 5) is 26.8. The summed E-state index contributed by atoms with van der Waals surface area (Å²) in [6, 6.07) is 13.4. The molecule has 0 saturated carbocycles. The van der Waals surface area contributed by atoms with Crippen molar-refractivity contribution in [2.75, 3.05) is 31.0 Å². The largest absolute Gasteiger partial charge is 0.476 e. The second-order valence-corrected chi connectivity index (χ2v) is 9.91. The first kappa shape index (κ1) is 22.1. The van der Waals surface area contributed by atoms with Gasteiger partial charge in [-0.3, -0.25) is 13.9 Å². The molecule has 170 valence electrons. The van der Waals surface area contributed by atoms with E-state index >= 15 is 0 Å². The van der Waals surface area contributed by atoms with Crippen LogP contribution >= 0.6 is 0 Å². The van der Waals surface area contributed by atoms with E-state index < -0.39 is 16.1 Å². The lowest BCUT2D eigenvalue weighted by Crippen LogP contribution is -2.53. The van der Waals surface area contributed by atoms with Gasteiger partial charge in [-0.15, -0.1) is 0 Å². The molecule has 0 spiro atoms. The quantitative estimate of drug-likeness (QED) is 0.653. The number of hydrogen-bond donors (Lipinski definition) is 0. The monoisotopic (exact) mass is 458 g/mol. The zero-order valence-electron chi connectivity index (χ0n) is 18.1. The van der Waals surface area contributed by atoms with E-state index in [9.17, 15) is 18.0 Å². The average Bonchev–Trinajstić information content (AvgIpc) is 2.82. The number of ether oxygens (including phenoxy) is 2. The van der Waals surface area contributed by atoms with Crippen molar-refractivity contribution < 1.29 is 27.5 Å². The molecule has 0 N–H and O–H groups in total. The second-order valence-electron chi connectivity index (χ2n) is 8.05. The summed E-state index contributed by atoms with van der Waals surface area (Å²) in [5.74, 6) is -0.435. The Hall–Kier alpha value is -3.07. The van der Waals surface area contributed by atoms with Crippen LogP contribution in [-0.2, 0) is 24.3 Å². The first-order chi connectivity index (χ1) is 15.3. The van der Waals surface area contributed by atoms with E-state index in [1.807, 2.05) is 6.92 Å². The molecule has 2 aromatic rings. The number of para-hydroxylation sites is 2. The molecule has 1 saturated heterocycles. The van der Waals surface area contributed by atoms with E-state index in [0.29, 0.717) is 37.4 Å². The Morgan fingerprint density at radius 1 is 1.03 bits per heavy atom. The number of methoxy groups -OCH3 is 1. The molecule has 1 fully saturated rings. The highest BCUT2D eigenvalue weighted by atomic mass is 32.2. The number of hydrogen-bond acceptors (Lipinski definition) is 6. The van der Waals surface area contributed by atoms with Crippen molar-refractivity contribution in [3.8, 4) is 5.75 Å². The molecule has 9 heteroatoms. The summed E-state index contributed by atoms with van der Waals surface area (Å²) < 4.78 is 38.9. The first-order valence-corrected chi connectivity index (χ1v) is 12.0. The van der Waals surface area contributed by atoms with Gasteiger partial charge in [-0.25, -0.2) is 8.42 Å². The van der Waals surface area contributed by atoms with E-state index in [0.717, 1.165) is 5.56 Å². The highest BCUT2D eigenvalue weighted by Crippen LogP contribution is 2.37. The molecule has 2 heterocycles. The molecule has 32 heavy (non-hydrogen) atoms. The number of carbonyl (C=O) groups excluding carboxylic acids is 2. The molecule has 0 radical (unpaired) electrons. The van der Waals surface area contributed by atoms with Crippen molar-refractivity contribution in [1.82, 2.24) is 4.90 Å². The number of fused-ring (bicyclic) bond motifs is 1. The predicted octanol–water partition coefficient (Wildman–Crippen LogP) is 2.36. The number of anilines is 1. The Kier molecular flexibility index (Phi) is 6.10. The minimum absolute atomic E-state index is 0.122. The predicted molar refractivity (Wildman–Crippen MR) is 118 cm³/mol. The molecule has 0 aliphatic carbocycles. The van der Waals surface area contributed by atoms with Crippen molar-refractivity contribution >= 4 is 27.6 Å². The number of esters is 1. The molecule has 2 aliphatic rings. The molecule has 2 aromatic carbocycles. The summed E-state index contributed by atoms with van der Waals surface area (Å²) in [5, 5.41) is 0. The van der Waals surface area contributed by atoms with Crippen molar-refractivity contribution in [1.29, 1.82) is 0 Å². The van der Waals surface area contributed by atoms with Gasteiger partial charge < -0.3 is 14.4 Å². The normalized spacial score (nSPS) is 19.1. The van der Waals surface area contributed by atoms with Crippen LogP contribution in [0.15, 0.2) is 53.4 Å². The van der Waals surface area contributed by atoms with Gasteiger partial charge in [0, 0.05) is 13.1 Å². The Bertz CT molecular complexity index is 1110. The van der Waals surface area contributed by atoms with Crippen LogP contribution < -0.4 is 9.04 Å². The van der Waals surface area contributed by atoms with E-state index in [-0.39, 0.29) is 29.2 Å². The number of amides is 1. The van der Waals surface area contributed by atoms with Crippen LogP contribution in [0.4, 0.5) is 5.69 Å². The van der Waals surface area contributed by atoms with Crippen molar-refractivity contribution in [2.24, 2.45) is 5.92 Å². The highest BCUT2D eigenvalue weighted by molar-refractivity contribution is 7.92. The molecule has 1 atom stereocenters. The van der Waals surface area contributed by atoms with Gasteiger partial charge in [-0.1, -0.05) is 29.8 Å². The Morgan fingerprint density at radius 2 is 1.69 bits per heavy atom. The maximum atomic E-state index is 13.5. The summed E-state index contributed by atoms with van der Waals surface area (Å²) >= 11 is 0. The van der Waals surface area contributed by atoms with Crippen LogP contribution in [0.3, 0.4) is 0 Å². The Morgan fingerprint density at radius 3 is 2.34 bits per heavy atom. The van der Waals surface area contributed by atoms with Crippen LogP contribution in [0.25, 0.3) is 0 Å². The summed E-state index contributed by atoms with van der Waals surface area (Å²) in [6.45, 7) is 2.55. The number of piperidine rings is 1. The number of sulfonamides is 1. The van der Waals surface area contributed by atoms with Crippen LogP contribution in [-0.4, -0.2) is 58.0 Å². The lowest BCUT2D eigenvalue weighted by molar-refractivity contribution is -0.150. The van der Waals surface area contributed by atoms with Gasteiger partial charge in [-0.2, -0.15) is 0 Å². The average molecular weight is 459 g/mol. The number of rotatable bonds is 4. The number of likely N-dealkylation sites (tertiary alicyclic amines) is 1. The van der Waals surface area contributed by atoms with Crippen LogP contribution in [0.2, 0.25) is 0 Å². The van der Waals surface area contributed by atoms with Gasteiger partial charge in [0.15, 0.2) is 6.10 Å². The highest BCUT2D eigenvalue weighted by Gasteiger charge is 2.40. The topological polar surface area (TPSA) is 93.2 Å². The lowest BCUT2D eigenvalue weighted by Gasteiger charge is -2.38. The maximum Gasteiger partial charge on any atom is 0.308 e. The Labute approximate surface area is 187 Å². The van der Waals surface area contributed by atoms with Crippen LogP contribution in [0.1, 0.15) is 18.4 Å². The molecule has 0 unspecified atom stereocenters. The van der Waals surface area contributed by atoms with Crippen molar-refractivity contribution in [3.05, 3.63) is 54.1 Å². The summed E-state index contributed by atoms with van der Waals surface area (Å²) in [6.07, 6.45) is 0.0417. The van der Waals surface area contributed by atoms with Gasteiger partial charge in [0.05, 0.1) is 30.2 Å². The van der Waals surface area contributed by atoms with E-state index in [4.69, 9.17) is 9.47 Å². The second kappa shape index (κ2) is 8.82. The molecule has 4 rings (SSSR count). The molecule has 2 aliphatic heterocycles. The lowest BCUT2D eigenvalue weighted by atomic mass is 9.96. The molecule has 0 bridgehead atoms. The first-order valence-electron chi connectivity index (χ1n) is 10.5. The van der Waals surface area contributed by atoms with Gasteiger partial charge in [0.25, 0.3) is 15.9 Å². The molecule has 8 nitrogen and oxygen atoms in total. The van der Waals surface area contributed by atoms with E-state index in [1.165, 1.54) is 11.4 Å². The fourth-order valence-corrected chi connectivity index (χ4v) is 5.58. The third-order valence-electron chi connectivity index (χ3n) is 5.96. The van der Waals surface area contributed by atoms with Crippen molar-refractivity contribution in [3.63, 3.8) is 0 Å². The van der Waals surface area contributed by atoms with Crippen LogP contribution in [0, 0.1) is 12.8 Å². The van der Waals surface area contributed by atoms with Crippen LogP contribution in [0.5, 0.6) is 5.75 Å². The molecule has 0 aromatic heterocycles. The zero-order valence-corrected chi connectivity index (χ0v) is 18.9. The number of carbonyl (C=O) groups is 2. The Balaban J connectivity index is 1.58. The van der Waals surface area contributed by atoms with Gasteiger partial charge in [0.1, 0.15) is 5.75 Å². The summed E-state index contributed by atoms with van der Waals surface area (Å²) in [7, 11) is -2.53. The minimum Gasteiger partial charge on any atom is -0.476 e. The molecule has 1 amide bonds. The minimum atomic E-state index is -3.89. The zero-order chi connectivity index (χ0) is 22.9. The fourth-order valence-electron chi connectivity index (χ4n) is 4.10. The summed E-state index contributed by atoms with van der Waals surface area (Å²) in [5.41, 5.74) is 1.36. The van der Waals surface area contributed by atoms with Gasteiger partial charge >= 0.3 is 5.97 Å². The molecular formula is C23H26N2O6S. The third kappa shape index (κ3) is 4.17. The number of nitrogens with zero attached hydrogens (tertiary/aromatic N) is 2. The smallest absolute Gasteiger partial charge is 0.308 e. The maximum absolute atomic E-state index is 13.5. The van der Waals surface area contributed by atoms with E-state index in [1.54, 1.807) is 53.4 Å². The third-order valence-corrected chi connectivity index (χ3v) is 7.75. The van der Waals surface area contributed by atoms with Gasteiger partial charge in [-0.05, 0) is 44.0 Å². The number of aryl methyl sites for hydroxylation is 1. The molecular weight excluding hydrogens is 432 g/mol. The number of benzene rings is 2. The van der Waals surface area contributed by atoms with Crippen molar-refractivity contribution in [2.45, 2.75) is 30.8 Å². The van der Waals surface area contributed by atoms with Gasteiger partial charge in [0.2, 0.25) is 0 Å².